The lowest BCUT2D eigenvalue weighted by atomic mass is 9.71. The lowest BCUT2D eigenvalue weighted by Gasteiger charge is -2.44. The standard InChI is InChI=1S/C38H69N3O7/c1-12-14-29(13-2)31(42)27-35(3,4)28-36(5,6)34(46)41(30-17-22-40(23-18-30)32(43)16-21-39-11)24-26-48-38(9,10)20-25-47-37(7,8)19-15-33(44)45/h12-14,30-31,39,42H,15-28H2,1-11H3,(H,44,45). The number of carboxylic acid groups (broad SMARTS) is 1. The molecule has 0 bridgehead atoms. The molecule has 1 fully saturated rings. The van der Waals surface area contributed by atoms with E-state index in [4.69, 9.17) is 14.6 Å². The molecule has 0 aliphatic carbocycles. The van der Waals surface area contributed by atoms with Crippen molar-refractivity contribution in [3.05, 3.63) is 23.8 Å². The van der Waals surface area contributed by atoms with Crippen molar-refractivity contribution < 1.29 is 34.1 Å². The summed E-state index contributed by atoms with van der Waals surface area (Å²) in [4.78, 5) is 42.0. The minimum Gasteiger partial charge on any atom is -0.481 e. The number of aliphatic hydroxyl groups excluding tert-OH is 1. The van der Waals surface area contributed by atoms with Crippen LogP contribution in [0.25, 0.3) is 0 Å². The van der Waals surface area contributed by atoms with E-state index in [1.807, 2.05) is 90.5 Å². The Kier molecular flexibility index (Phi) is 18.0. The molecule has 1 aliphatic rings. The number of carbonyl (C=O) groups excluding carboxylic acids is 2. The molecule has 278 valence electrons. The second kappa shape index (κ2) is 19.8. The van der Waals surface area contributed by atoms with Gasteiger partial charge in [0.2, 0.25) is 11.8 Å². The molecule has 1 saturated heterocycles. The zero-order valence-electron chi connectivity index (χ0n) is 32.1. The molecule has 0 saturated carbocycles. The van der Waals surface area contributed by atoms with Crippen LogP contribution in [0.4, 0.5) is 0 Å². The maximum atomic E-state index is 14.5. The molecule has 10 nitrogen and oxygen atoms in total. The van der Waals surface area contributed by atoms with Crippen molar-refractivity contribution in [2.75, 3.05) is 46.4 Å². The third kappa shape index (κ3) is 16.0. The van der Waals surface area contributed by atoms with Crippen molar-refractivity contribution in [1.29, 1.82) is 0 Å². The van der Waals surface area contributed by atoms with E-state index in [1.165, 1.54) is 0 Å². The molecular weight excluding hydrogens is 610 g/mol. The highest BCUT2D eigenvalue weighted by Gasteiger charge is 2.41. The Morgan fingerprint density at radius 3 is 2.06 bits per heavy atom. The molecule has 0 radical (unpaired) electrons. The maximum Gasteiger partial charge on any atom is 0.303 e. The van der Waals surface area contributed by atoms with Gasteiger partial charge >= 0.3 is 5.97 Å². The molecule has 1 unspecified atom stereocenters. The molecule has 0 aromatic carbocycles. The van der Waals surface area contributed by atoms with Gasteiger partial charge in [0.15, 0.2) is 0 Å². The van der Waals surface area contributed by atoms with E-state index in [1.54, 1.807) is 0 Å². The van der Waals surface area contributed by atoms with Crippen LogP contribution in [0.5, 0.6) is 0 Å². The first-order valence-electron chi connectivity index (χ1n) is 17.9. The summed E-state index contributed by atoms with van der Waals surface area (Å²) in [5.41, 5.74) is -1.17. The van der Waals surface area contributed by atoms with Crippen molar-refractivity contribution in [3.63, 3.8) is 0 Å². The molecule has 3 N–H and O–H groups in total. The fourth-order valence-corrected chi connectivity index (χ4v) is 6.78. The maximum absolute atomic E-state index is 14.5. The van der Waals surface area contributed by atoms with E-state index in [0.29, 0.717) is 84.3 Å². The second-order valence-electron chi connectivity index (χ2n) is 16.1. The number of ether oxygens (including phenoxy) is 2. The highest BCUT2D eigenvalue weighted by Crippen LogP contribution is 2.40. The van der Waals surface area contributed by atoms with Gasteiger partial charge in [-0.15, -0.1) is 0 Å². The molecule has 1 rings (SSSR count). The highest BCUT2D eigenvalue weighted by atomic mass is 16.5. The number of nitrogens with one attached hydrogen (secondary N) is 1. The van der Waals surface area contributed by atoms with Crippen molar-refractivity contribution in [3.8, 4) is 0 Å². The number of carbonyl (C=O) groups is 3. The number of nitrogens with zero attached hydrogens (tertiary/aromatic N) is 2. The van der Waals surface area contributed by atoms with Gasteiger partial charge in [-0.25, -0.2) is 0 Å². The predicted molar refractivity (Wildman–Crippen MR) is 193 cm³/mol. The van der Waals surface area contributed by atoms with Crippen LogP contribution in [0.1, 0.15) is 121 Å². The number of hydrogen-bond acceptors (Lipinski definition) is 7. The lowest BCUT2D eigenvalue weighted by Crippen LogP contribution is -2.53. The number of piperidine rings is 1. The van der Waals surface area contributed by atoms with Gasteiger partial charge in [-0.3, -0.25) is 14.4 Å². The van der Waals surface area contributed by atoms with E-state index in [2.05, 4.69) is 19.2 Å². The summed E-state index contributed by atoms with van der Waals surface area (Å²) in [6.45, 7) is 23.0. The first kappa shape index (κ1) is 43.8. The Balaban J connectivity index is 3.04. The van der Waals surface area contributed by atoms with E-state index in [0.717, 1.165) is 5.57 Å². The molecule has 48 heavy (non-hydrogen) atoms. The number of amides is 2. The van der Waals surface area contributed by atoms with Gasteiger partial charge < -0.3 is 34.8 Å². The molecule has 1 heterocycles. The minimum absolute atomic E-state index is 0.00627. The van der Waals surface area contributed by atoms with Crippen LogP contribution in [0.3, 0.4) is 0 Å². The van der Waals surface area contributed by atoms with E-state index in [9.17, 15) is 19.5 Å². The molecule has 1 aliphatic heterocycles. The number of rotatable bonds is 22. The van der Waals surface area contributed by atoms with Gasteiger partial charge in [0.25, 0.3) is 0 Å². The SMILES string of the molecule is CC=CC(=CC)C(O)CC(C)(C)CC(C)(C)C(=O)N(CCOC(C)(C)CCOC(C)(C)CCC(=O)O)C1CCN(C(=O)CCNC)CC1. The quantitative estimate of drug-likeness (QED) is 0.119. The van der Waals surface area contributed by atoms with Crippen molar-refractivity contribution in [2.24, 2.45) is 10.8 Å². The normalized spacial score (nSPS) is 16.4. The molecule has 10 heteroatoms. The van der Waals surface area contributed by atoms with E-state index < -0.39 is 28.7 Å². The number of aliphatic hydroxyl groups is 1. The Morgan fingerprint density at radius 2 is 1.52 bits per heavy atom. The molecule has 2 amide bonds. The van der Waals surface area contributed by atoms with Crippen LogP contribution in [-0.2, 0) is 23.9 Å². The number of allylic oxidation sites excluding steroid dienone is 2. The van der Waals surface area contributed by atoms with Gasteiger partial charge in [-0.2, -0.15) is 0 Å². The summed E-state index contributed by atoms with van der Waals surface area (Å²) in [5.74, 6) is -0.634. The van der Waals surface area contributed by atoms with Crippen LogP contribution in [0.15, 0.2) is 23.8 Å². The Labute approximate surface area is 291 Å². The molecule has 0 aromatic rings. The molecular formula is C38H69N3O7. The fourth-order valence-electron chi connectivity index (χ4n) is 6.78. The Morgan fingerprint density at radius 1 is 0.938 bits per heavy atom. The topological polar surface area (TPSA) is 129 Å². The van der Waals surface area contributed by atoms with Crippen molar-refractivity contribution in [1.82, 2.24) is 15.1 Å². The van der Waals surface area contributed by atoms with Gasteiger partial charge in [-0.1, -0.05) is 45.9 Å². The number of likely N-dealkylation sites (tertiary alicyclic amines) is 1. The van der Waals surface area contributed by atoms with Gasteiger partial charge in [0.05, 0.1) is 30.5 Å². The van der Waals surface area contributed by atoms with Crippen LogP contribution in [-0.4, -0.2) is 108 Å². The summed E-state index contributed by atoms with van der Waals surface area (Å²) >= 11 is 0. The highest BCUT2D eigenvalue weighted by molar-refractivity contribution is 5.82. The third-order valence-electron chi connectivity index (χ3n) is 9.39. The predicted octanol–water partition coefficient (Wildman–Crippen LogP) is 5.98. The second-order valence-corrected chi connectivity index (χ2v) is 16.1. The average molecular weight is 680 g/mol. The first-order valence-corrected chi connectivity index (χ1v) is 17.9. The Bertz CT molecular complexity index is 1070. The Hall–Kier alpha value is -2.27. The van der Waals surface area contributed by atoms with Crippen LogP contribution >= 0.6 is 0 Å². The lowest BCUT2D eigenvalue weighted by molar-refractivity contribution is -0.149. The van der Waals surface area contributed by atoms with E-state index in [-0.39, 0.29) is 29.7 Å². The van der Waals surface area contributed by atoms with Crippen molar-refractivity contribution in [2.45, 2.75) is 144 Å². The number of carboxylic acids is 1. The van der Waals surface area contributed by atoms with E-state index >= 15 is 0 Å². The molecule has 0 spiro atoms. The smallest absolute Gasteiger partial charge is 0.303 e. The minimum atomic E-state index is -0.836. The molecule has 1 atom stereocenters. The van der Waals surface area contributed by atoms with Gasteiger partial charge in [0, 0.05) is 50.5 Å². The summed E-state index contributed by atoms with van der Waals surface area (Å²) < 4.78 is 12.4. The van der Waals surface area contributed by atoms with Crippen LogP contribution in [0, 0.1) is 10.8 Å². The first-order chi connectivity index (χ1) is 22.2. The zero-order chi connectivity index (χ0) is 36.8. The summed E-state index contributed by atoms with van der Waals surface area (Å²) in [6.07, 6.45) is 9.31. The summed E-state index contributed by atoms with van der Waals surface area (Å²) in [7, 11) is 1.84. The van der Waals surface area contributed by atoms with Crippen molar-refractivity contribution >= 4 is 17.8 Å². The van der Waals surface area contributed by atoms with Gasteiger partial charge in [-0.05, 0) is 98.1 Å². The molecule has 0 aromatic heterocycles. The largest absolute Gasteiger partial charge is 0.481 e. The zero-order valence-corrected chi connectivity index (χ0v) is 32.1. The van der Waals surface area contributed by atoms with Crippen LogP contribution < -0.4 is 5.32 Å². The third-order valence-corrected chi connectivity index (χ3v) is 9.39. The summed E-state index contributed by atoms with van der Waals surface area (Å²) in [5, 5.41) is 23.1. The fraction of sp³-hybridized carbons (Fsp3) is 0.816. The number of aliphatic carboxylic acids is 1. The average Bonchev–Trinajstić information content (AvgIpc) is 2.98. The van der Waals surface area contributed by atoms with Gasteiger partial charge in [0.1, 0.15) is 0 Å². The van der Waals surface area contributed by atoms with Crippen LogP contribution in [0.2, 0.25) is 0 Å². The summed E-state index contributed by atoms with van der Waals surface area (Å²) in [6, 6.07) is -0.00627. The monoisotopic (exact) mass is 680 g/mol. The number of hydrogen-bond donors (Lipinski definition) is 3.